The number of methoxy groups -OCH3 is 1. The summed E-state index contributed by atoms with van der Waals surface area (Å²) in [4.78, 5) is 38.8. The second kappa shape index (κ2) is 8.59. The van der Waals surface area contributed by atoms with Crippen molar-refractivity contribution in [2.45, 2.75) is 20.8 Å². The second-order valence-corrected chi connectivity index (χ2v) is 7.18. The van der Waals surface area contributed by atoms with E-state index in [0.29, 0.717) is 29.4 Å². The van der Waals surface area contributed by atoms with Crippen molar-refractivity contribution >= 4 is 41.2 Å². The lowest BCUT2D eigenvalue weighted by Crippen LogP contribution is -2.54. The molecular weight excluding hydrogens is 408 g/mol. The number of aryl methyl sites for hydroxylation is 2. The Morgan fingerprint density at radius 3 is 2.33 bits per heavy atom. The van der Waals surface area contributed by atoms with Gasteiger partial charge in [-0.1, -0.05) is 17.7 Å². The first-order valence-electron chi connectivity index (χ1n) is 9.25. The Kier molecular flexibility index (Phi) is 6.12. The fourth-order valence-electron chi connectivity index (χ4n) is 3.27. The first-order valence-corrected chi connectivity index (χ1v) is 9.63. The minimum atomic E-state index is -0.796. The van der Waals surface area contributed by atoms with Crippen molar-refractivity contribution in [3.63, 3.8) is 0 Å². The Hall–Kier alpha value is -3.32. The van der Waals surface area contributed by atoms with E-state index >= 15 is 0 Å². The molecule has 2 aromatic carbocycles. The summed E-state index contributed by atoms with van der Waals surface area (Å²) in [5.74, 6) is -0.772. The van der Waals surface area contributed by atoms with Crippen LogP contribution in [0.2, 0.25) is 5.02 Å². The Labute approximate surface area is 179 Å². The van der Waals surface area contributed by atoms with Gasteiger partial charge < -0.3 is 9.47 Å². The third kappa shape index (κ3) is 4.16. The minimum absolute atomic E-state index is 0.197. The Morgan fingerprint density at radius 2 is 1.73 bits per heavy atom. The molecule has 0 bridgehead atoms. The lowest BCUT2D eigenvalue weighted by atomic mass is 10.0. The van der Waals surface area contributed by atoms with Gasteiger partial charge in [0.25, 0.3) is 11.8 Å². The number of carbonyl (C=O) groups is 3. The molecule has 4 amide bonds. The molecule has 1 N–H and O–H groups in total. The monoisotopic (exact) mass is 428 g/mol. The molecule has 7 nitrogen and oxygen atoms in total. The van der Waals surface area contributed by atoms with Crippen LogP contribution in [0.4, 0.5) is 10.5 Å². The molecule has 0 atom stereocenters. The lowest BCUT2D eigenvalue weighted by molar-refractivity contribution is -0.122. The van der Waals surface area contributed by atoms with Crippen LogP contribution in [0.15, 0.2) is 35.9 Å². The van der Waals surface area contributed by atoms with Crippen LogP contribution >= 0.6 is 11.6 Å². The van der Waals surface area contributed by atoms with Crippen molar-refractivity contribution in [2.24, 2.45) is 0 Å². The molecule has 30 heavy (non-hydrogen) atoms. The average Bonchev–Trinajstić information content (AvgIpc) is 2.64. The maximum absolute atomic E-state index is 13.1. The van der Waals surface area contributed by atoms with E-state index in [1.54, 1.807) is 24.3 Å². The summed E-state index contributed by atoms with van der Waals surface area (Å²) in [6.07, 6.45) is 1.37. The molecule has 0 saturated carbocycles. The Balaban J connectivity index is 2.06. The number of halogens is 1. The summed E-state index contributed by atoms with van der Waals surface area (Å²) in [5.41, 5.74) is 2.42. The minimum Gasteiger partial charge on any atom is -0.491 e. The topological polar surface area (TPSA) is 84.9 Å². The first-order chi connectivity index (χ1) is 14.2. The molecule has 1 heterocycles. The van der Waals surface area contributed by atoms with E-state index < -0.39 is 17.8 Å². The van der Waals surface area contributed by atoms with Gasteiger partial charge in [-0.25, -0.2) is 9.69 Å². The van der Waals surface area contributed by atoms with Gasteiger partial charge in [-0.15, -0.1) is 0 Å². The van der Waals surface area contributed by atoms with Gasteiger partial charge in [0.2, 0.25) is 0 Å². The summed E-state index contributed by atoms with van der Waals surface area (Å²) in [5, 5.41) is 2.48. The molecule has 0 radical (unpaired) electrons. The van der Waals surface area contributed by atoms with Gasteiger partial charge in [-0.05, 0) is 67.8 Å². The Bertz CT molecular complexity index is 1060. The smallest absolute Gasteiger partial charge is 0.335 e. The first kappa shape index (κ1) is 21.4. The predicted molar refractivity (Wildman–Crippen MR) is 114 cm³/mol. The third-order valence-corrected chi connectivity index (χ3v) is 4.69. The zero-order valence-electron chi connectivity index (χ0n) is 17.0. The van der Waals surface area contributed by atoms with E-state index in [4.69, 9.17) is 21.1 Å². The van der Waals surface area contributed by atoms with E-state index in [9.17, 15) is 14.4 Å². The van der Waals surface area contributed by atoms with Crippen molar-refractivity contribution in [1.29, 1.82) is 0 Å². The molecule has 1 aliphatic rings. The van der Waals surface area contributed by atoms with Gasteiger partial charge in [0.15, 0.2) is 11.5 Å². The normalized spacial score (nSPS) is 15.4. The summed E-state index contributed by atoms with van der Waals surface area (Å²) in [6.45, 7) is 5.91. The molecule has 8 heteroatoms. The van der Waals surface area contributed by atoms with Crippen molar-refractivity contribution in [2.75, 3.05) is 18.6 Å². The van der Waals surface area contributed by atoms with Crippen LogP contribution in [0, 0.1) is 13.8 Å². The van der Waals surface area contributed by atoms with Gasteiger partial charge in [-0.3, -0.25) is 14.9 Å². The molecule has 1 aliphatic heterocycles. The van der Waals surface area contributed by atoms with Gasteiger partial charge in [0, 0.05) is 0 Å². The summed E-state index contributed by atoms with van der Waals surface area (Å²) < 4.78 is 10.8. The standard InChI is InChI=1S/C22H21ClN2O5/c1-5-30-18-11-14(10-17(23)19(18)29-4)9-16-20(26)24-22(28)25(21(16)27)15-7-12(2)6-13(3)8-15/h6-11H,5H2,1-4H3,(H,24,26,28)/b16-9+. The highest BCUT2D eigenvalue weighted by molar-refractivity contribution is 6.39. The number of urea groups is 1. The number of rotatable bonds is 5. The van der Waals surface area contributed by atoms with Crippen molar-refractivity contribution in [1.82, 2.24) is 5.32 Å². The molecule has 0 spiro atoms. The van der Waals surface area contributed by atoms with Crippen LogP contribution in [0.5, 0.6) is 11.5 Å². The van der Waals surface area contributed by atoms with Gasteiger partial charge in [0.1, 0.15) is 5.57 Å². The van der Waals surface area contributed by atoms with Crippen molar-refractivity contribution < 1.29 is 23.9 Å². The van der Waals surface area contributed by atoms with Crippen LogP contribution in [0.25, 0.3) is 6.08 Å². The Morgan fingerprint density at radius 1 is 1.07 bits per heavy atom. The predicted octanol–water partition coefficient (Wildman–Crippen LogP) is 4.03. The number of hydrogen-bond donors (Lipinski definition) is 1. The van der Waals surface area contributed by atoms with Crippen LogP contribution in [-0.2, 0) is 9.59 Å². The summed E-state index contributed by atoms with van der Waals surface area (Å²) >= 11 is 6.26. The quantitative estimate of drug-likeness (QED) is 0.574. The fourth-order valence-corrected chi connectivity index (χ4v) is 3.57. The maximum Gasteiger partial charge on any atom is 0.335 e. The van der Waals surface area contributed by atoms with E-state index in [2.05, 4.69) is 5.32 Å². The van der Waals surface area contributed by atoms with E-state index in [1.165, 1.54) is 13.2 Å². The van der Waals surface area contributed by atoms with E-state index in [1.807, 2.05) is 26.8 Å². The van der Waals surface area contributed by atoms with E-state index in [-0.39, 0.29) is 10.6 Å². The molecule has 2 aromatic rings. The number of anilines is 1. The number of ether oxygens (including phenoxy) is 2. The highest BCUT2D eigenvalue weighted by Gasteiger charge is 2.37. The second-order valence-electron chi connectivity index (χ2n) is 6.77. The largest absolute Gasteiger partial charge is 0.491 e. The SMILES string of the molecule is CCOc1cc(/C=C2\C(=O)NC(=O)N(c3cc(C)cc(C)c3)C2=O)cc(Cl)c1OC. The highest BCUT2D eigenvalue weighted by Crippen LogP contribution is 2.37. The van der Waals surface area contributed by atoms with Crippen LogP contribution in [-0.4, -0.2) is 31.6 Å². The molecule has 0 aromatic heterocycles. The molecular formula is C22H21ClN2O5. The number of benzene rings is 2. The van der Waals surface area contributed by atoms with Crippen LogP contribution in [0.1, 0.15) is 23.6 Å². The highest BCUT2D eigenvalue weighted by atomic mass is 35.5. The van der Waals surface area contributed by atoms with Crippen LogP contribution < -0.4 is 19.7 Å². The number of nitrogens with zero attached hydrogens (tertiary/aromatic N) is 1. The maximum atomic E-state index is 13.1. The van der Waals surface area contributed by atoms with E-state index in [0.717, 1.165) is 16.0 Å². The van der Waals surface area contributed by atoms with Gasteiger partial charge in [0.05, 0.1) is 24.4 Å². The zero-order valence-corrected chi connectivity index (χ0v) is 17.8. The van der Waals surface area contributed by atoms with Gasteiger partial charge >= 0.3 is 6.03 Å². The summed E-state index contributed by atoms with van der Waals surface area (Å²) in [6, 6.07) is 7.69. The molecule has 0 unspecified atom stereocenters. The number of carbonyl (C=O) groups excluding carboxylic acids is 3. The zero-order chi connectivity index (χ0) is 22.0. The number of barbiturate groups is 1. The molecule has 3 rings (SSSR count). The third-order valence-electron chi connectivity index (χ3n) is 4.41. The number of nitrogens with one attached hydrogen (secondary N) is 1. The molecule has 1 fully saturated rings. The number of amides is 4. The number of hydrogen-bond acceptors (Lipinski definition) is 5. The fraction of sp³-hybridized carbons (Fsp3) is 0.227. The molecule has 156 valence electrons. The molecule has 0 aliphatic carbocycles. The van der Waals surface area contributed by atoms with Gasteiger partial charge in [-0.2, -0.15) is 0 Å². The number of imide groups is 2. The summed E-state index contributed by atoms with van der Waals surface area (Å²) in [7, 11) is 1.47. The van der Waals surface area contributed by atoms with Crippen molar-refractivity contribution in [3.8, 4) is 11.5 Å². The van der Waals surface area contributed by atoms with Crippen molar-refractivity contribution in [3.05, 3.63) is 57.6 Å². The molecule has 1 saturated heterocycles. The average molecular weight is 429 g/mol. The van der Waals surface area contributed by atoms with Crippen LogP contribution in [0.3, 0.4) is 0 Å². The lowest BCUT2D eigenvalue weighted by Gasteiger charge is -2.27.